The summed E-state index contributed by atoms with van der Waals surface area (Å²) >= 11 is 1.70. The first kappa shape index (κ1) is 18.8. The molecule has 140 valence electrons. The van der Waals surface area contributed by atoms with Crippen LogP contribution < -0.4 is 9.47 Å². The number of hydrogen-bond acceptors (Lipinski definition) is 4. The highest BCUT2D eigenvalue weighted by atomic mass is 32.1. The summed E-state index contributed by atoms with van der Waals surface area (Å²) in [7, 11) is 0. The van der Waals surface area contributed by atoms with Gasteiger partial charge in [0.2, 0.25) is 0 Å². The van der Waals surface area contributed by atoms with Gasteiger partial charge < -0.3 is 14.4 Å². The number of carbonyl (C=O) groups is 1. The Kier molecular flexibility index (Phi) is 6.56. The van der Waals surface area contributed by atoms with Gasteiger partial charge in [-0.05, 0) is 55.3 Å². The molecule has 0 spiro atoms. The van der Waals surface area contributed by atoms with Gasteiger partial charge in [0, 0.05) is 16.5 Å². The van der Waals surface area contributed by atoms with Gasteiger partial charge in [0.05, 0.1) is 19.8 Å². The third kappa shape index (κ3) is 4.79. The van der Waals surface area contributed by atoms with Crippen LogP contribution in [0.4, 0.5) is 0 Å². The Balaban J connectivity index is 1.80. The van der Waals surface area contributed by atoms with Crippen molar-refractivity contribution in [2.75, 3.05) is 13.2 Å². The van der Waals surface area contributed by atoms with E-state index in [-0.39, 0.29) is 5.91 Å². The van der Waals surface area contributed by atoms with Crippen molar-refractivity contribution in [1.82, 2.24) is 4.90 Å². The number of amides is 1. The SMILES string of the molecule is CCCOc1ccc(C(=O)N(Cc2cccs2)C2CC2)cc1OCCC. The van der Waals surface area contributed by atoms with E-state index in [0.717, 1.165) is 25.7 Å². The summed E-state index contributed by atoms with van der Waals surface area (Å²) in [4.78, 5) is 16.4. The van der Waals surface area contributed by atoms with Crippen molar-refractivity contribution in [3.8, 4) is 11.5 Å². The molecular weight excluding hydrogens is 346 g/mol. The maximum absolute atomic E-state index is 13.1. The molecule has 1 aromatic heterocycles. The first-order chi connectivity index (χ1) is 12.7. The van der Waals surface area contributed by atoms with Crippen molar-refractivity contribution in [3.05, 3.63) is 46.2 Å². The average Bonchev–Trinajstić information content (AvgIpc) is 3.38. The third-order valence-electron chi connectivity index (χ3n) is 4.27. The van der Waals surface area contributed by atoms with Crippen LogP contribution in [0.2, 0.25) is 0 Å². The van der Waals surface area contributed by atoms with E-state index in [1.165, 1.54) is 4.88 Å². The van der Waals surface area contributed by atoms with Crippen LogP contribution in [-0.2, 0) is 6.54 Å². The summed E-state index contributed by atoms with van der Waals surface area (Å²) in [5.74, 6) is 1.45. The van der Waals surface area contributed by atoms with Gasteiger partial charge in [-0.15, -0.1) is 11.3 Å². The second kappa shape index (κ2) is 9.08. The molecule has 0 radical (unpaired) electrons. The number of thiophene rings is 1. The zero-order valence-corrected chi connectivity index (χ0v) is 16.4. The van der Waals surface area contributed by atoms with Crippen LogP contribution in [0.1, 0.15) is 54.8 Å². The highest BCUT2D eigenvalue weighted by Gasteiger charge is 2.33. The minimum Gasteiger partial charge on any atom is -0.490 e. The van der Waals surface area contributed by atoms with Crippen molar-refractivity contribution in [3.63, 3.8) is 0 Å². The molecule has 1 aliphatic rings. The number of ether oxygens (including phenoxy) is 2. The van der Waals surface area contributed by atoms with Crippen LogP contribution in [0.3, 0.4) is 0 Å². The second-order valence-electron chi connectivity index (χ2n) is 6.60. The fraction of sp³-hybridized carbons (Fsp3) is 0.476. The van der Waals surface area contributed by atoms with E-state index in [1.54, 1.807) is 11.3 Å². The van der Waals surface area contributed by atoms with E-state index in [4.69, 9.17) is 9.47 Å². The van der Waals surface area contributed by atoms with E-state index < -0.39 is 0 Å². The molecule has 0 saturated heterocycles. The molecule has 0 unspecified atom stereocenters. The molecule has 1 heterocycles. The Morgan fingerprint density at radius 3 is 2.46 bits per heavy atom. The molecular formula is C21H27NO3S. The Hall–Kier alpha value is -2.01. The maximum Gasteiger partial charge on any atom is 0.254 e. The molecule has 1 saturated carbocycles. The van der Waals surface area contributed by atoms with Gasteiger partial charge in [-0.25, -0.2) is 0 Å². The lowest BCUT2D eigenvalue weighted by Gasteiger charge is -2.22. The van der Waals surface area contributed by atoms with Crippen molar-refractivity contribution in [2.24, 2.45) is 0 Å². The molecule has 1 fully saturated rings. The predicted molar refractivity (Wildman–Crippen MR) is 105 cm³/mol. The number of carbonyl (C=O) groups excluding carboxylic acids is 1. The van der Waals surface area contributed by atoms with Crippen LogP contribution >= 0.6 is 11.3 Å². The van der Waals surface area contributed by atoms with E-state index >= 15 is 0 Å². The number of hydrogen-bond donors (Lipinski definition) is 0. The van der Waals surface area contributed by atoms with Gasteiger partial charge in [0.15, 0.2) is 11.5 Å². The second-order valence-corrected chi connectivity index (χ2v) is 7.63. The van der Waals surface area contributed by atoms with Crippen LogP contribution in [0.15, 0.2) is 35.7 Å². The minimum absolute atomic E-state index is 0.0734. The molecule has 3 rings (SSSR count). The van der Waals surface area contributed by atoms with E-state index in [1.807, 2.05) is 29.2 Å². The lowest BCUT2D eigenvalue weighted by molar-refractivity contribution is 0.0731. The first-order valence-corrected chi connectivity index (χ1v) is 10.3. The lowest BCUT2D eigenvalue weighted by atomic mass is 10.1. The Morgan fingerprint density at radius 1 is 1.12 bits per heavy atom. The molecule has 1 aromatic carbocycles. The van der Waals surface area contributed by atoms with Gasteiger partial charge in [-0.3, -0.25) is 4.79 Å². The molecule has 0 bridgehead atoms. The number of benzene rings is 1. The number of rotatable bonds is 10. The van der Waals surface area contributed by atoms with Crippen molar-refractivity contribution in [1.29, 1.82) is 0 Å². The summed E-state index contributed by atoms with van der Waals surface area (Å²) in [6.45, 7) is 6.07. The normalized spacial score (nSPS) is 13.5. The number of nitrogens with zero attached hydrogens (tertiary/aromatic N) is 1. The quantitative estimate of drug-likeness (QED) is 0.579. The van der Waals surface area contributed by atoms with E-state index in [0.29, 0.717) is 42.9 Å². The largest absolute Gasteiger partial charge is 0.490 e. The topological polar surface area (TPSA) is 38.8 Å². The highest BCUT2D eigenvalue weighted by Crippen LogP contribution is 2.33. The predicted octanol–water partition coefficient (Wildman–Crippen LogP) is 5.13. The standard InChI is InChI=1S/C21H27NO3S/c1-3-11-24-19-10-7-16(14-20(19)25-12-4-2)21(23)22(17-8-9-17)15-18-6-5-13-26-18/h5-7,10,13-14,17H,3-4,8-9,11-12,15H2,1-2H3. The Bertz CT molecular complexity index is 710. The van der Waals surface area contributed by atoms with Gasteiger partial charge in [0.1, 0.15) is 0 Å². The molecule has 0 aliphatic heterocycles. The molecule has 5 heteroatoms. The molecule has 2 aromatic rings. The fourth-order valence-electron chi connectivity index (χ4n) is 2.79. The third-order valence-corrected chi connectivity index (χ3v) is 5.13. The Morgan fingerprint density at radius 2 is 1.85 bits per heavy atom. The van der Waals surface area contributed by atoms with Crippen LogP contribution in [0.25, 0.3) is 0 Å². The summed E-state index contributed by atoms with van der Waals surface area (Å²) in [6.07, 6.45) is 4.03. The molecule has 0 atom stereocenters. The van der Waals surface area contributed by atoms with E-state index in [9.17, 15) is 4.79 Å². The molecule has 4 nitrogen and oxygen atoms in total. The van der Waals surface area contributed by atoms with Crippen LogP contribution in [0.5, 0.6) is 11.5 Å². The van der Waals surface area contributed by atoms with Crippen LogP contribution in [-0.4, -0.2) is 30.1 Å². The fourth-order valence-corrected chi connectivity index (χ4v) is 3.49. The monoisotopic (exact) mass is 373 g/mol. The first-order valence-electron chi connectivity index (χ1n) is 9.46. The smallest absolute Gasteiger partial charge is 0.254 e. The molecule has 26 heavy (non-hydrogen) atoms. The molecule has 1 aliphatic carbocycles. The van der Waals surface area contributed by atoms with Crippen LogP contribution in [0, 0.1) is 0 Å². The van der Waals surface area contributed by atoms with Gasteiger partial charge in [-0.1, -0.05) is 19.9 Å². The van der Waals surface area contributed by atoms with Crippen molar-refractivity contribution >= 4 is 17.2 Å². The summed E-state index contributed by atoms with van der Waals surface area (Å²) < 4.78 is 11.6. The summed E-state index contributed by atoms with van der Waals surface area (Å²) in [5.41, 5.74) is 0.670. The highest BCUT2D eigenvalue weighted by molar-refractivity contribution is 7.09. The minimum atomic E-state index is 0.0734. The molecule has 0 N–H and O–H groups in total. The lowest BCUT2D eigenvalue weighted by Crippen LogP contribution is -2.32. The zero-order valence-electron chi connectivity index (χ0n) is 15.6. The zero-order chi connectivity index (χ0) is 18.4. The van der Waals surface area contributed by atoms with Gasteiger partial charge >= 0.3 is 0 Å². The Labute approximate surface area is 159 Å². The van der Waals surface area contributed by atoms with E-state index in [2.05, 4.69) is 25.3 Å². The summed E-state index contributed by atoms with van der Waals surface area (Å²) in [6, 6.07) is 10.0. The average molecular weight is 374 g/mol. The summed E-state index contributed by atoms with van der Waals surface area (Å²) in [5, 5.41) is 2.06. The van der Waals surface area contributed by atoms with Crippen molar-refractivity contribution in [2.45, 2.75) is 52.1 Å². The van der Waals surface area contributed by atoms with Gasteiger partial charge in [0.25, 0.3) is 5.91 Å². The molecule has 1 amide bonds. The maximum atomic E-state index is 13.1. The van der Waals surface area contributed by atoms with Crippen molar-refractivity contribution < 1.29 is 14.3 Å². The van der Waals surface area contributed by atoms with Gasteiger partial charge in [-0.2, -0.15) is 0 Å².